The van der Waals surface area contributed by atoms with Crippen molar-refractivity contribution in [1.29, 1.82) is 0 Å². The molecule has 1 aliphatic carbocycles. The molecule has 0 radical (unpaired) electrons. The fourth-order valence-electron chi connectivity index (χ4n) is 5.37. The van der Waals surface area contributed by atoms with Gasteiger partial charge in [-0.25, -0.2) is 0 Å². The molecule has 1 saturated carbocycles. The van der Waals surface area contributed by atoms with Gasteiger partial charge in [-0.1, -0.05) is 61.4 Å². The van der Waals surface area contributed by atoms with E-state index in [1.165, 1.54) is 11.7 Å². The zero-order chi connectivity index (χ0) is 25.4. The lowest BCUT2D eigenvalue weighted by molar-refractivity contribution is 0.0909. The number of carbonyl (C=O) groups excluding carboxylic acids is 2. The number of ether oxygens (including phenoxy) is 1. The zero-order valence-electron chi connectivity index (χ0n) is 20.9. The van der Waals surface area contributed by atoms with Crippen LogP contribution in [-0.4, -0.2) is 40.0 Å². The van der Waals surface area contributed by atoms with Crippen LogP contribution in [0.15, 0.2) is 59.4 Å². The second-order valence-electron chi connectivity index (χ2n) is 9.39. The van der Waals surface area contributed by atoms with Gasteiger partial charge in [0.05, 0.1) is 24.7 Å². The van der Waals surface area contributed by atoms with E-state index in [1.54, 1.807) is 35.9 Å². The number of nitrogens with one attached hydrogen (secondary N) is 1. The third-order valence-electron chi connectivity index (χ3n) is 7.21. The lowest BCUT2D eigenvalue weighted by Gasteiger charge is -2.29. The highest BCUT2D eigenvalue weighted by Crippen LogP contribution is 2.35. The Kier molecular flexibility index (Phi) is 7.71. The first-order valence-electron chi connectivity index (χ1n) is 12.2. The first-order valence-corrected chi connectivity index (χ1v) is 12.2. The van der Waals surface area contributed by atoms with Crippen LogP contribution in [-0.2, 0) is 13.6 Å². The molecule has 3 N–H and O–H groups in total. The molecular formula is C28H31ClN4O4. The number of carbonyl (C=O) groups is 2. The lowest BCUT2D eigenvalue weighted by Crippen LogP contribution is -2.49. The lowest BCUT2D eigenvalue weighted by atomic mass is 9.91. The van der Waals surface area contributed by atoms with Gasteiger partial charge in [0.2, 0.25) is 0 Å². The van der Waals surface area contributed by atoms with Gasteiger partial charge < -0.3 is 20.4 Å². The first-order chi connectivity index (χ1) is 17.4. The molecule has 4 aromatic rings. The minimum Gasteiger partial charge on any atom is -0.493 e. The van der Waals surface area contributed by atoms with Crippen molar-refractivity contribution in [3.05, 3.63) is 76.2 Å². The van der Waals surface area contributed by atoms with Crippen LogP contribution in [0.5, 0.6) is 5.75 Å². The predicted molar refractivity (Wildman–Crippen MR) is 147 cm³/mol. The number of nitrogens with zero attached hydrogens (tertiary/aromatic N) is 2. The van der Waals surface area contributed by atoms with Crippen LogP contribution in [0.3, 0.4) is 0 Å². The second-order valence-corrected chi connectivity index (χ2v) is 9.39. The van der Waals surface area contributed by atoms with E-state index >= 15 is 0 Å². The van der Waals surface area contributed by atoms with Crippen LogP contribution >= 0.6 is 12.4 Å². The smallest absolute Gasteiger partial charge is 0.272 e. The van der Waals surface area contributed by atoms with Crippen molar-refractivity contribution in [2.75, 3.05) is 7.11 Å². The Hall–Kier alpha value is -3.62. The number of para-hydroxylation sites is 1. The summed E-state index contributed by atoms with van der Waals surface area (Å²) in [5.41, 5.74) is 7.88. The standard InChI is InChI=1S/C28H30N4O4.ClH/c1-31-24-18-12-6-9-15-21(18)32(16-22(33)17-10-4-3-5-11-17)28(35)23(24)26(36-2)25(31)27(34)30-20-14-8-7-13-19(20)29;/h3-6,9-12,15,19-20H,7-8,13-14,16,29H2,1-2H3,(H,30,34);1H/t19-,20-;/m1./s1. The number of hydrogen-bond acceptors (Lipinski definition) is 5. The molecule has 37 heavy (non-hydrogen) atoms. The molecule has 2 aromatic heterocycles. The number of aryl methyl sites for hydroxylation is 1. The van der Waals surface area contributed by atoms with Crippen molar-refractivity contribution >= 4 is 45.9 Å². The molecule has 194 valence electrons. The van der Waals surface area contributed by atoms with Gasteiger partial charge in [-0.2, -0.15) is 0 Å². The molecule has 1 fully saturated rings. The topological polar surface area (TPSA) is 108 Å². The third kappa shape index (κ3) is 4.63. The normalized spacial score (nSPS) is 17.4. The number of fused-ring (bicyclic) bond motifs is 3. The molecule has 0 saturated heterocycles. The number of Topliss-reactive ketones (excluding diaryl/α,β-unsaturated/α-hetero) is 1. The highest BCUT2D eigenvalue weighted by atomic mass is 35.5. The molecule has 2 aromatic carbocycles. The predicted octanol–water partition coefficient (Wildman–Crippen LogP) is 3.81. The van der Waals surface area contributed by atoms with Crippen LogP contribution in [0.25, 0.3) is 21.8 Å². The van der Waals surface area contributed by atoms with Gasteiger partial charge in [0.15, 0.2) is 17.2 Å². The Labute approximate surface area is 220 Å². The summed E-state index contributed by atoms with van der Waals surface area (Å²) in [6.07, 6.45) is 3.74. The van der Waals surface area contributed by atoms with E-state index in [4.69, 9.17) is 10.5 Å². The van der Waals surface area contributed by atoms with Crippen molar-refractivity contribution in [3.8, 4) is 5.75 Å². The average Bonchev–Trinajstić information content (AvgIpc) is 3.20. The number of amides is 1. The number of aromatic nitrogens is 2. The summed E-state index contributed by atoms with van der Waals surface area (Å²) in [6.45, 7) is -0.129. The maximum Gasteiger partial charge on any atom is 0.272 e. The maximum absolute atomic E-state index is 13.9. The number of ketones is 1. The summed E-state index contributed by atoms with van der Waals surface area (Å²) < 4.78 is 8.86. The van der Waals surface area contributed by atoms with E-state index in [9.17, 15) is 14.4 Å². The number of hydrogen-bond donors (Lipinski definition) is 2. The third-order valence-corrected chi connectivity index (χ3v) is 7.21. The summed E-state index contributed by atoms with van der Waals surface area (Å²) in [6, 6.07) is 16.0. The Morgan fingerprint density at radius 3 is 2.43 bits per heavy atom. The minimum absolute atomic E-state index is 0. The molecule has 1 aliphatic rings. The number of methoxy groups -OCH3 is 1. The Morgan fingerprint density at radius 2 is 1.73 bits per heavy atom. The van der Waals surface area contributed by atoms with E-state index in [0.717, 1.165) is 31.1 Å². The van der Waals surface area contributed by atoms with Crippen molar-refractivity contribution in [1.82, 2.24) is 14.5 Å². The Morgan fingerprint density at radius 1 is 1.05 bits per heavy atom. The van der Waals surface area contributed by atoms with Gasteiger partial charge in [0.1, 0.15) is 5.39 Å². The van der Waals surface area contributed by atoms with Gasteiger partial charge >= 0.3 is 0 Å². The van der Waals surface area contributed by atoms with Gasteiger partial charge in [-0.3, -0.25) is 19.0 Å². The summed E-state index contributed by atoms with van der Waals surface area (Å²) in [5, 5.41) is 4.10. The van der Waals surface area contributed by atoms with Crippen molar-refractivity contribution in [3.63, 3.8) is 0 Å². The quantitative estimate of drug-likeness (QED) is 0.374. The molecule has 0 aliphatic heterocycles. The minimum atomic E-state index is -0.381. The first kappa shape index (κ1) is 26.4. The Bertz CT molecular complexity index is 1530. The molecule has 1 amide bonds. The summed E-state index contributed by atoms with van der Waals surface area (Å²) in [5.74, 6) is -0.310. The average molecular weight is 523 g/mol. The number of rotatable bonds is 6. The second kappa shape index (κ2) is 10.8. The molecule has 0 spiro atoms. The number of nitrogens with two attached hydrogens (primary N) is 1. The molecule has 2 atom stereocenters. The molecule has 5 rings (SSSR count). The summed E-state index contributed by atoms with van der Waals surface area (Å²) >= 11 is 0. The van der Waals surface area contributed by atoms with Gasteiger partial charge in [-0.15, -0.1) is 12.4 Å². The maximum atomic E-state index is 13.9. The highest BCUT2D eigenvalue weighted by molar-refractivity contribution is 6.12. The van der Waals surface area contributed by atoms with Crippen molar-refractivity contribution in [2.24, 2.45) is 12.8 Å². The molecule has 0 bridgehead atoms. The van der Waals surface area contributed by atoms with E-state index in [-0.39, 0.29) is 65.1 Å². The zero-order valence-corrected chi connectivity index (χ0v) is 21.7. The molecule has 8 nitrogen and oxygen atoms in total. The fourth-order valence-corrected chi connectivity index (χ4v) is 5.37. The number of pyridine rings is 1. The number of benzene rings is 2. The van der Waals surface area contributed by atoms with E-state index in [1.807, 2.05) is 30.3 Å². The van der Waals surface area contributed by atoms with Crippen LogP contribution < -0.4 is 21.3 Å². The monoisotopic (exact) mass is 522 g/mol. The van der Waals surface area contributed by atoms with Gasteiger partial charge in [0, 0.05) is 30.1 Å². The fraction of sp³-hybridized carbons (Fsp3) is 0.321. The van der Waals surface area contributed by atoms with E-state index < -0.39 is 0 Å². The Balaban J connectivity index is 0.00000320. The van der Waals surface area contributed by atoms with Crippen LogP contribution in [0.1, 0.15) is 46.5 Å². The molecule has 2 heterocycles. The highest BCUT2D eigenvalue weighted by Gasteiger charge is 2.30. The van der Waals surface area contributed by atoms with Gasteiger partial charge in [0.25, 0.3) is 11.5 Å². The van der Waals surface area contributed by atoms with E-state index in [0.29, 0.717) is 16.6 Å². The molecule has 0 unspecified atom stereocenters. The summed E-state index contributed by atoms with van der Waals surface area (Å²) in [4.78, 5) is 40.4. The van der Waals surface area contributed by atoms with Gasteiger partial charge in [-0.05, 0) is 18.9 Å². The molecular weight excluding hydrogens is 492 g/mol. The number of halogens is 1. The van der Waals surface area contributed by atoms with Crippen LogP contribution in [0.2, 0.25) is 0 Å². The molecule has 9 heteroatoms. The van der Waals surface area contributed by atoms with Crippen molar-refractivity contribution < 1.29 is 14.3 Å². The SMILES string of the molecule is COc1c(C(=O)N[C@@H]2CCCC[C@H]2N)n(C)c2c1c(=O)n(CC(=O)c1ccccc1)c1ccccc21.Cl. The van der Waals surface area contributed by atoms with E-state index in [2.05, 4.69) is 5.32 Å². The van der Waals surface area contributed by atoms with Crippen LogP contribution in [0.4, 0.5) is 0 Å². The summed E-state index contributed by atoms with van der Waals surface area (Å²) in [7, 11) is 3.21. The van der Waals surface area contributed by atoms with Crippen molar-refractivity contribution in [2.45, 2.75) is 44.3 Å². The van der Waals surface area contributed by atoms with Crippen LogP contribution in [0, 0.1) is 0 Å². The largest absolute Gasteiger partial charge is 0.493 e.